The molecule has 1 fully saturated rings. The Morgan fingerprint density at radius 2 is 2.11 bits per heavy atom. The topological polar surface area (TPSA) is 79.7 Å². The molecule has 96 valence electrons. The van der Waals surface area contributed by atoms with Crippen molar-refractivity contribution in [3.63, 3.8) is 0 Å². The molecular weight excluding hydrogens is 236 g/mol. The number of anilines is 1. The lowest BCUT2D eigenvalue weighted by Crippen LogP contribution is -2.37. The van der Waals surface area contributed by atoms with E-state index < -0.39 is 18.2 Å². The van der Waals surface area contributed by atoms with Crippen LogP contribution in [0.2, 0.25) is 0 Å². The second kappa shape index (κ2) is 5.14. The molecule has 0 spiro atoms. The van der Waals surface area contributed by atoms with Crippen LogP contribution in [0.1, 0.15) is 12.8 Å². The van der Waals surface area contributed by atoms with Gasteiger partial charge in [0, 0.05) is 13.2 Å². The molecule has 1 aliphatic heterocycles. The van der Waals surface area contributed by atoms with Crippen molar-refractivity contribution >= 4 is 17.7 Å². The van der Waals surface area contributed by atoms with Gasteiger partial charge in [-0.2, -0.15) is 0 Å². The summed E-state index contributed by atoms with van der Waals surface area (Å²) in [6.07, 6.45) is 0.804. The monoisotopic (exact) mass is 250 g/mol. The Labute approximate surface area is 104 Å². The van der Waals surface area contributed by atoms with Crippen molar-refractivity contribution < 1.29 is 19.4 Å². The van der Waals surface area contributed by atoms with E-state index >= 15 is 0 Å². The zero-order chi connectivity index (χ0) is 13.1. The van der Waals surface area contributed by atoms with Gasteiger partial charge < -0.3 is 9.84 Å². The third-order valence-electron chi connectivity index (χ3n) is 2.89. The molecule has 2 heterocycles. The van der Waals surface area contributed by atoms with Crippen molar-refractivity contribution in [2.75, 3.05) is 11.9 Å². The highest BCUT2D eigenvalue weighted by atomic mass is 16.5. The average Bonchev–Trinajstić information content (AvgIpc) is 2.88. The lowest BCUT2D eigenvalue weighted by atomic mass is 10.2. The summed E-state index contributed by atoms with van der Waals surface area (Å²) in [7, 11) is 1.60. The fraction of sp³-hybridized carbons (Fsp3) is 0.417. The molecule has 1 amide bonds. The molecule has 0 radical (unpaired) electrons. The molecule has 1 aliphatic rings. The van der Waals surface area contributed by atoms with Crippen LogP contribution in [0.25, 0.3) is 0 Å². The van der Waals surface area contributed by atoms with Crippen molar-refractivity contribution in [1.29, 1.82) is 0 Å². The Kier molecular flexibility index (Phi) is 3.57. The quantitative estimate of drug-likeness (QED) is 0.853. The summed E-state index contributed by atoms with van der Waals surface area (Å²) >= 11 is 0. The van der Waals surface area contributed by atoms with Gasteiger partial charge in [-0.05, 0) is 25.0 Å². The number of nitrogens with zero attached hydrogens (tertiary/aromatic N) is 2. The van der Waals surface area contributed by atoms with Gasteiger partial charge in [0.25, 0.3) is 5.91 Å². The highest BCUT2D eigenvalue weighted by molar-refractivity contribution is 5.95. The van der Waals surface area contributed by atoms with Crippen molar-refractivity contribution in [1.82, 2.24) is 4.98 Å². The largest absolute Gasteiger partial charge is 0.479 e. The number of likely N-dealkylation sites (N-methyl/N-ethyl adjacent to an activating group) is 1. The highest BCUT2D eigenvalue weighted by Gasteiger charge is 2.36. The standard InChI is InChI=1S/C12H14N2O4/c1-14(10-4-2-3-7-13-10)11(15)8-5-6-9(18-8)12(16)17/h2-4,7-9H,5-6H2,1H3,(H,16,17). The van der Waals surface area contributed by atoms with E-state index in [4.69, 9.17) is 9.84 Å². The fourth-order valence-corrected chi connectivity index (χ4v) is 1.88. The Morgan fingerprint density at radius 1 is 1.39 bits per heavy atom. The van der Waals surface area contributed by atoms with Crippen LogP contribution >= 0.6 is 0 Å². The molecule has 0 saturated carbocycles. The molecule has 1 saturated heterocycles. The maximum Gasteiger partial charge on any atom is 0.332 e. The number of pyridine rings is 1. The molecule has 18 heavy (non-hydrogen) atoms. The number of amides is 1. The Hall–Kier alpha value is -1.95. The first-order valence-corrected chi connectivity index (χ1v) is 5.66. The number of rotatable bonds is 3. The Morgan fingerprint density at radius 3 is 2.67 bits per heavy atom. The van der Waals surface area contributed by atoms with Gasteiger partial charge in [-0.3, -0.25) is 9.69 Å². The van der Waals surface area contributed by atoms with Crippen LogP contribution in [0.15, 0.2) is 24.4 Å². The molecule has 2 rings (SSSR count). The van der Waals surface area contributed by atoms with E-state index in [0.29, 0.717) is 18.7 Å². The summed E-state index contributed by atoms with van der Waals surface area (Å²) < 4.78 is 5.21. The molecule has 2 atom stereocenters. The number of aromatic nitrogens is 1. The minimum Gasteiger partial charge on any atom is -0.479 e. The molecule has 0 aromatic carbocycles. The van der Waals surface area contributed by atoms with Crippen LogP contribution < -0.4 is 4.90 Å². The van der Waals surface area contributed by atoms with E-state index in [0.717, 1.165) is 0 Å². The summed E-state index contributed by atoms with van der Waals surface area (Å²) in [6, 6.07) is 5.25. The first kappa shape index (κ1) is 12.5. The predicted molar refractivity (Wildman–Crippen MR) is 63.2 cm³/mol. The molecule has 1 aromatic rings. The van der Waals surface area contributed by atoms with Gasteiger partial charge in [-0.1, -0.05) is 6.07 Å². The maximum atomic E-state index is 12.1. The van der Waals surface area contributed by atoms with E-state index in [9.17, 15) is 9.59 Å². The third kappa shape index (κ3) is 2.48. The minimum atomic E-state index is -1.02. The lowest BCUT2D eigenvalue weighted by Gasteiger charge is -2.19. The van der Waals surface area contributed by atoms with Gasteiger partial charge >= 0.3 is 5.97 Å². The number of carbonyl (C=O) groups excluding carboxylic acids is 1. The maximum absolute atomic E-state index is 12.1. The van der Waals surface area contributed by atoms with Crippen LogP contribution in [-0.4, -0.2) is 41.2 Å². The van der Waals surface area contributed by atoms with Gasteiger partial charge in [0.2, 0.25) is 0 Å². The number of aliphatic carboxylic acids is 1. The number of carboxylic acids is 1. The average molecular weight is 250 g/mol. The Bertz CT molecular complexity index is 449. The van der Waals surface area contributed by atoms with Crippen LogP contribution in [0.4, 0.5) is 5.82 Å². The number of hydrogen-bond donors (Lipinski definition) is 1. The molecular formula is C12H14N2O4. The Balaban J connectivity index is 2.02. The van der Waals surface area contributed by atoms with E-state index in [2.05, 4.69) is 4.98 Å². The van der Waals surface area contributed by atoms with Crippen LogP contribution in [0, 0.1) is 0 Å². The molecule has 0 bridgehead atoms. The molecule has 6 heteroatoms. The van der Waals surface area contributed by atoms with E-state index in [1.165, 1.54) is 4.90 Å². The van der Waals surface area contributed by atoms with Crippen LogP contribution in [0.5, 0.6) is 0 Å². The zero-order valence-corrected chi connectivity index (χ0v) is 9.94. The second-order valence-electron chi connectivity index (χ2n) is 4.11. The third-order valence-corrected chi connectivity index (χ3v) is 2.89. The molecule has 1 aromatic heterocycles. The van der Waals surface area contributed by atoms with Gasteiger partial charge in [0.05, 0.1) is 0 Å². The first-order chi connectivity index (χ1) is 8.59. The zero-order valence-electron chi connectivity index (χ0n) is 9.94. The van der Waals surface area contributed by atoms with Gasteiger partial charge in [-0.25, -0.2) is 9.78 Å². The van der Waals surface area contributed by atoms with Crippen LogP contribution in [-0.2, 0) is 14.3 Å². The number of carboxylic acid groups (broad SMARTS) is 1. The van der Waals surface area contributed by atoms with Gasteiger partial charge in [0.15, 0.2) is 6.10 Å². The normalized spacial score (nSPS) is 22.7. The van der Waals surface area contributed by atoms with Crippen molar-refractivity contribution in [2.45, 2.75) is 25.0 Å². The van der Waals surface area contributed by atoms with Crippen molar-refractivity contribution in [3.8, 4) is 0 Å². The summed E-state index contributed by atoms with van der Waals surface area (Å²) in [5.41, 5.74) is 0. The number of hydrogen-bond acceptors (Lipinski definition) is 4. The van der Waals surface area contributed by atoms with E-state index in [1.807, 2.05) is 0 Å². The SMILES string of the molecule is CN(C(=O)C1CCC(C(=O)O)O1)c1ccccn1. The number of carbonyl (C=O) groups is 2. The molecule has 0 aliphatic carbocycles. The van der Waals surface area contributed by atoms with E-state index in [-0.39, 0.29) is 5.91 Å². The molecule has 6 nitrogen and oxygen atoms in total. The molecule has 1 N–H and O–H groups in total. The predicted octanol–water partition coefficient (Wildman–Crippen LogP) is 0.677. The van der Waals surface area contributed by atoms with Crippen molar-refractivity contribution in [3.05, 3.63) is 24.4 Å². The van der Waals surface area contributed by atoms with Gasteiger partial charge in [-0.15, -0.1) is 0 Å². The number of ether oxygens (including phenoxy) is 1. The van der Waals surface area contributed by atoms with Crippen molar-refractivity contribution in [2.24, 2.45) is 0 Å². The molecule has 2 unspecified atom stereocenters. The smallest absolute Gasteiger partial charge is 0.332 e. The minimum absolute atomic E-state index is 0.266. The lowest BCUT2D eigenvalue weighted by molar-refractivity contribution is -0.151. The van der Waals surface area contributed by atoms with Gasteiger partial charge in [0.1, 0.15) is 11.9 Å². The summed E-state index contributed by atoms with van der Waals surface area (Å²) in [4.78, 5) is 28.3. The highest BCUT2D eigenvalue weighted by Crippen LogP contribution is 2.22. The summed E-state index contributed by atoms with van der Waals surface area (Å²) in [5.74, 6) is -0.770. The summed E-state index contributed by atoms with van der Waals surface area (Å²) in [6.45, 7) is 0. The summed E-state index contributed by atoms with van der Waals surface area (Å²) in [5, 5.41) is 8.81. The van der Waals surface area contributed by atoms with Crippen LogP contribution in [0.3, 0.4) is 0 Å². The first-order valence-electron chi connectivity index (χ1n) is 5.66. The fourth-order valence-electron chi connectivity index (χ4n) is 1.88. The van der Waals surface area contributed by atoms with E-state index in [1.54, 1.807) is 31.4 Å². The second-order valence-corrected chi connectivity index (χ2v) is 4.11.